The fourth-order valence-electron chi connectivity index (χ4n) is 4.18. The molecule has 1 saturated heterocycles. The van der Waals surface area contributed by atoms with Crippen molar-refractivity contribution >= 4 is 5.91 Å². The first kappa shape index (κ1) is 15.3. The van der Waals surface area contributed by atoms with E-state index in [0.29, 0.717) is 11.9 Å². The SMILES string of the molecule is CCCC1NC2(CCCC2)C(=O)N1CC(C)N(C)C1CC1. The predicted molar refractivity (Wildman–Crippen MR) is 85.0 cm³/mol. The third-order valence-corrected chi connectivity index (χ3v) is 5.79. The van der Waals surface area contributed by atoms with Gasteiger partial charge in [-0.3, -0.25) is 15.0 Å². The van der Waals surface area contributed by atoms with Crippen molar-refractivity contribution in [2.45, 2.75) is 89.0 Å². The van der Waals surface area contributed by atoms with E-state index in [1.54, 1.807) is 0 Å². The van der Waals surface area contributed by atoms with Crippen molar-refractivity contribution in [3.05, 3.63) is 0 Å². The van der Waals surface area contributed by atoms with Crippen LogP contribution in [0.3, 0.4) is 0 Å². The fraction of sp³-hybridized carbons (Fsp3) is 0.941. The van der Waals surface area contributed by atoms with Crippen LogP contribution in [0.4, 0.5) is 0 Å². The first-order valence-electron chi connectivity index (χ1n) is 8.88. The van der Waals surface area contributed by atoms with Gasteiger partial charge in [-0.25, -0.2) is 0 Å². The van der Waals surface area contributed by atoms with E-state index in [9.17, 15) is 4.79 Å². The Hall–Kier alpha value is -0.610. The summed E-state index contributed by atoms with van der Waals surface area (Å²) in [6.45, 7) is 5.36. The first-order valence-corrected chi connectivity index (χ1v) is 8.88. The summed E-state index contributed by atoms with van der Waals surface area (Å²) in [7, 11) is 2.22. The lowest BCUT2D eigenvalue weighted by Gasteiger charge is -2.32. The van der Waals surface area contributed by atoms with Crippen molar-refractivity contribution < 1.29 is 4.79 Å². The van der Waals surface area contributed by atoms with Gasteiger partial charge in [0.2, 0.25) is 5.91 Å². The minimum atomic E-state index is -0.211. The molecule has 3 fully saturated rings. The lowest BCUT2D eigenvalue weighted by molar-refractivity contribution is -0.133. The number of carbonyl (C=O) groups is 1. The Morgan fingerprint density at radius 1 is 1.38 bits per heavy atom. The first-order chi connectivity index (χ1) is 10.1. The molecule has 4 heteroatoms. The molecule has 2 aliphatic carbocycles. The molecule has 21 heavy (non-hydrogen) atoms. The maximum Gasteiger partial charge on any atom is 0.244 e. The summed E-state index contributed by atoms with van der Waals surface area (Å²) in [6.07, 6.45) is 9.59. The number of amides is 1. The average molecular weight is 293 g/mol. The van der Waals surface area contributed by atoms with Crippen molar-refractivity contribution in [3.8, 4) is 0 Å². The van der Waals surface area contributed by atoms with E-state index in [1.807, 2.05) is 0 Å². The second kappa shape index (κ2) is 5.88. The maximum atomic E-state index is 13.0. The van der Waals surface area contributed by atoms with E-state index in [1.165, 1.54) is 25.7 Å². The lowest BCUT2D eigenvalue weighted by atomic mass is 9.98. The fourth-order valence-corrected chi connectivity index (χ4v) is 4.18. The van der Waals surface area contributed by atoms with Crippen LogP contribution in [0.1, 0.15) is 65.2 Å². The number of hydrogen-bond acceptors (Lipinski definition) is 3. The van der Waals surface area contributed by atoms with Crippen LogP contribution in [0.25, 0.3) is 0 Å². The number of carbonyl (C=O) groups excluding carboxylic acids is 1. The summed E-state index contributed by atoms with van der Waals surface area (Å²) in [5.74, 6) is 0.384. The summed E-state index contributed by atoms with van der Waals surface area (Å²) in [5, 5.41) is 3.71. The molecule has 1 heterocycles. The minimum absolute atomic E-state index is 0.211. The summed E-state index contributed by atoms with van der Waals surface area (Å²) < 4.78 is 0. The van der Waals surface area contributed by atoms with Gasteiger partial charge in [0.15, 0.2) is 0 Å². The Bertz CT molecular complexity index is 387. The van der Waals surface area contributed by atoms with Crippen LogP contribution in [0.2, 0.25) is 0 Å². The summed E-state index contributed by atoms with van der Waals surface area (Å²) in [4.78, 5) is 17.6. The molecule has 1 N–H and O–H groups in total. The predicted octanol–water partition coefficient (Wildman–Crippen LogP) is 2.34. The smallest absolute Gasteiger partial charge is 0.244 e. The summed E-state index contributed by atoms with van der Waals surface area (Å²) in [6, 6.07) is 1.22. The molecule has 0 radical (unpaired) electrons. The zero-order valence-corrected chi connectivity index (χ0v) is 13.9. The molecule has 0 aromatic carbocycles. The molecule has 1 amide bonds. The van der Waals surface area contributed by atoms with Crippen LogP contribution >= 0.6 is 0 Å². The van der Waals surface area contributed by atoms with Crippen molar-refractivity contribution in [3.63, 3.8) is 0 Å². The number of likely N-dealkylation sites (N-methyl/N-ethyl adjacent to an activating group) is 1. The van der Waals surface area contributed by atoms with E-state index in [-0.39, 0.29) is 11.7 Å². The van der Waals surface area contributed by atoms with Gasteiger partial charge in [-0.05, 0) is 46.1 Å². The van der Waals surface area contributed by atoms with Gasteiger partial charge in [0.1, 0.15) is 0 Å². The molecule has 3 aliphatic rings. The van der Waals surface area contributed by atoms with Gasteiger partial charge >= 0.3 is 0 Å². The molecule has 0 bridgehead atoms. The second-order valence-corrected chi connectivity index (χ2v) is 7.44. The monoisotopic (exact) mass is 293 g/mol. The zero-order valence-electron chi connectivity index (χ0n) is 13.9. The summed E-state index contributed by atoms with van der Waals surface area (Å²) >= 11 is 0. The van der Waals surface area contributed by atoms with Crippen molar-refractivity contribution in [1.29, 1.82) is 0 Å². The Kier molecular flexibility index (Phi) is 4.28. The van der Waals surface area contributed by atoms with Gasteiger partial charge < -0.3 is 4.90 Å². The van der Waals surface area contributed by atoms with Gasteiger partial charge in [-0.15, -0.1) is 0 Å². The number of rotatable bonds is 6. The highest BCUT2D eigenvalue weighted by Gasteiger charge is 2.52. The minimum Gasteiger partial charge on any atom is -0.324 e. The van der Waals surface area contributed by atoms with Gasteiger partial charge in [0, 0.05) is 18.6 Å². The molecule has 2 saturated carbocycles. The molecular weight excluding hydrogens is 262 g/mol. The highest BCUT2D eigenvalue weighted by atomic mass is 16.2. The Balaban J connectivity index is 1.69. The van der Waals surface area contributed by atoms with Crippen LogP contribution in [0.5, 0.6) is 0 Å². The molecule has 120 valence electrons. The van der Waals surface area contributed by atoms with E-state index in [0.717, 1.165) is 38.3 Å². The lowest BCUT2D eigenvalue weighted by Crippen LogP contribution is -2.47. The zero-order chi connectivity index (χ0) is 15.0. The van der Waals surface area contributed by atoms with Crippen LogP contribution in [0.15, 0.2) is 0 Å². The van der Waals surface area contributed by atoms with Crippen molar-refractivity contribution in [2.75, 3.05) is 13.6 Å². The largest absolute Gasteiger partial charge is 0.324 e. The van der Waals surface area contributed by atoms with E-state index >= 15 is 0 Å². The van der Waals surface area contributed by atoms with Crippen LogP contribution < -0.4 is 5.32 Å². The van der Waals surface area contributed by atoms with Gasteiger partial charge in [0.25, 0.3) is 0 Å². The third-order valence-electron chi connectivity index (χ3n) is 5.79. The molecule has 2 unspecified atom stereocenters. The normalized spacial score (nSPS) is 29.8. The van der Waals surface area contributed by atoms with Crippen molar-refractivity contribution in [1.82, 2.24) is 15.1 Å². The maximum absolute atomic E-state index is 13.0. The molecule has 2 atom stereocenters. The highest BCUT2D eigenvalue weighted by Crippen LogP contribution is 2.37. The molecule has 1 aliphatic heterocycles. The third kappa shape index (κ3) is 2.85. The average Bonchev–Trinajstić information content (AvgIpc) is 3.17. The van der Waals surface area contributed by atoms with Crippen molar-refractivity contribution in [2.24, 2.45) is 0 Å². The Labute approximate surface area is 129 Å². The topological polar surface area (TPSA) is 35.6 Å². The molecular formula is C17H31N3O. The van der Waals surface area contributed by atoms with Crippen LogP contribution in [0, 0.1) is 0 Å². The van der Waals surface area contributed by atoms with Crippen LogP contribution in [-0.4, -0.2) is 53.1 Å². The van der Waals surface area contributed by atoms with Gasteiger partial charge in [0.05, 0.1) is 11.7 Å². The second-order valence-electron chi connectivity index (χ2n) is 7.44. The molecule has 0 aromatic heterocycles. The molecule has 4 nitrogen and oxygen atoms in total. The van der Waals surface area contributed by atoms with E-state index in [2.05, 4.69) is 36.0 Å². The molecule has 0 aromatic rings. The summed E-state index contributed by atoms with van der Waals surface area (Å²) in [5.41, 5.74) is -0.211. The van der Waals surface area contributed by atoms with Gasteiger partial charge in [-0.2, -0.15) is 0 Å². The standard InChI is InChI=1S/C17H31N3O/c1-4-7-15-18-17(10-5-6-11-17)16(21)20(15)12-13(2)19(3)14-8-9-14/h13-15,18H,4-12H2,1-3H3. The quantitative estimate of drug-likeness (QED) is 0.816. The van der Waals surface area contributed by atoms with Crippen LogP contribution in [-0.2, 0) is 4.79 Å². The number of nitrogens with one attached hydrogen (secondary N) is 1. The number of nitrogens with zero attached hydrogens (tertiary/aromatic N) is 2. The molecule has 3 rings (SSSR count). The molecule has 1 spiro atoms. The van der Waals surface area contributed by atoms with E-state index in [4.69, 9.17) is 0 Å². The van der Waals surface area contributed by atoms with E-state index < -0.39 is 0 Å². The van der Waals surface area contributed by atoms with Gasteiger partial charge in [-0.1, -0.05) is 26.2 Å². The highest BCUT2D eigenvalue weighted by molar-refractivity contribution is 5.89. The Morgan fingerprint density at radius 3 is 2.62 bits per heavy atom. The number of hydrogen-bond donors (Lipinski definition) is 1. The Morgan fingerprint density at radius 2 is 2.05 bits per heavy atom.